The van der Waals surface area contributed by atoms with Crippen LogP contribution in [0.25, 0.3) is 16.9 Å². The van der Waals surface area contributed by atoms with Crippen molar-refractivity contribution in [3.05, 3.63) is 143 Å². The van der Waals surface area contributed by atoms with Crippen LogP contribution in [-0.4, -0.2) is 52.3 Å². The van der Waals surface area contributed by atoms with Crippen molar-refractivity contribution in [1.29, 1.82) is 0 Å². The normalized spacial score (nSPS) is 14.5. The van der Waals surface area contributed by atoms with Crippen molar-refractivity contribution in [2.45, 2.75) is 18.9 Å². The summed E-state index contributed by atoms with van der Waals surface area (Å²) in [6.45, 7) is 4.62. The number of hydrogen-bond acceptors (Lipinski definition) is 3. The predicted molar refractivity (Wildman–Crippen MR) is 165 cm³/mol. The molecule has 1 aromatic heterocycles. The first kappa shape index (κ1) is 28.3. The number of benzene rings is 4. The number of rotatable bonds is 9. The fourth-order valence-electron chi connectivity index (χ4n) is 5.78. The minimum atomic E-state index is -0.254. The Morgan fingerprint density at radius 3 is 1.90 bits per heavy atom. The Kier molecular flexibility index (Phi) is 8.75. The molecule has 2 heterocycles. The molecule has 6 rings (SSSR count). The van der Waals surface area contributed by atoms with Gasteiger partial charge in [-0.1, -0.05) is 66.2 Å². The zero-order valence-electron chi connectivity index (χ0n) is 23.3. The zero-order chi connectivity index (χ0) is 28.9. The van der Waals surface area contributed by atoms with E-state index in [1.165, 1.54) is 24.3 Å². The molecule has 1 fully saturated rings. The molecule has 0 atom stereocenters. The Morgan fingerprint density at radius 2 is 1.31 bits per heavy atom. The summed E-state index contributed by atoms with van der Waals surface area (Å²) in [5, 5.41) is 5.69. The van der Waals surface area contributed by atoms with Crippen LogP contribution in [-0.2, 0) is 6.42 Å². The van der Waals surface area contributed by atoms with E-state index in [2.05, 4.69) is 28.0 Å². The molecule has 1 aliphatic heterocycles. The van der Waals surface area contributed by atoms with Gasteiger partial charge in [-0.2, -0.15) is 5.10 Å². The van der Waals surface area contributed by atoms with Crippen LogP contribution in [0.3, 0.4) is 0 Å². The molecule has 4 aromatic carbocycles. The molecule has 0 saturated carbocycles. The van der Waals surface area contributed by atoms with E-state index in [1.54, 1.807) is 0 Å². The van der Waals surface area contributed by atoms with Gasteiger partial charge in [0.05, 0.1) is 23.1 Å². The van der Waals surface area contributed by atoms with Crippen LogP contribution in [0.15, 0.2) is 109 Å². The third kappa shape index (κ3) is 6.62. The average Bonchev–Trinajstić information content (AvgIpc) is 3.45. The molecule has 42 heavy (non-hydrogen) atoms. The van der Waals surface area contributed by atoms with Gasteiger partial charge in [-0.15, -0.1) is 0 Å². The molecule has 5 aromatic rings. The maximum atomic E-state index is 13.7. The van der Waals surface area contributed by atoms with Crippen molar-refractivity contribution in [2.75, 3.05) is 32.7 Å². The molecule has 0 radical (unpaired) electrons. The minimum absolute atomic E-state index is 0.0402. The Morgan fingerprint density at radius 1 is 0.714 bits per heavy atom. The summed E-state index contributed by atoms with van der Waals surface area (Å²) in [5.41, 5.74) is 6.25. The second kappa shape index (κ2) is 13.0. The van der Waals surface area contributed by atoms with Gasteiger partial charge in [-0.25, -0.2) is 13.5 Å². The van der Waals surface area contributed by atoms with Crippen LogP contribution >= 0.6 is 11.6 Å². The molecule has 1 aliphatic rings. The average molecular weight is 583 g/mol. The lowest BCUT2D eigenvalue weighted by molar-refractivity contribution is 0.108. The highest BCUT2D eigenvalue weighted by atomic mass is 35.5. The summed E-state index contributed by atoms with van der Waals surface area (Å²) in [6.07, 6.45) is 1.89. The molecular weight excluding hydrogens is 550 g/mol. The van der Waals surface area contributed by atoms with Crippen molar-refractivity contribution >= 4 is 11.6 Å². The number of nitrogens with zero attached hydrogens (tertiary/aromatic N) is 4. The number of hydrogen-bond donors (Lipinski definition) is 0. The van der Waals surface area contributed by atoms with Crippen molar-refractivity contribution < 1.29 is 8.78 Å². The number of aryl methyl sites for hydroxylation is 1. The second-order valence-corrected chi connectivity index (χ2v) is 11.2. The Labute approximate surface area is 250 Å². The SMILES string of the molecule is Fc1ccc(C(c2ccc(F)cc2)N2CCN(CCCc3cc(-c4ccc(Cl)cc4)n(-c4ccccc4)n3)CC2)cc1. The summed E-state index contributed by atoms with van der Waals surface area (Å²) < 4.78 is 29.4. The van der Waals surface area contributed by atoms with Crippen molar-refractivity contribution in [3.63, 3.8) is 0 Å². The van der Waals surface area contributed by atoms with Gasteiger partial charge in [-0.3, -0.25) is 4.90 Å². The van der Waals surface area contributed by atoms with E-state index in [-0.39, 0.29) is 17.7 Å². The lowest BCUT2D eigenvalue weighted by Crippen LogP contribution is -2.48. The topological polar surface area (TPSA) is 24.3 Å². The highest BCUT2D eigenvalue weighted by molar-refractivity contribution is 6.30. The van der Waals surface area contributed by atoms with E-state index >= 15 is 0 Å². The van der Waals surface area contributed by atoms with Crippen LogP contribution in [0.2, 0.25) is 5.02 Å². The second-order valence-electron chi connectivity index (χ2n) is 10.8. The van der Waals surface area contributed by atoms with E-state index in [0.717, 1.165) is 79.3 Å². The van der Waals surface area contributed by atoms with Gasteiger partial charge in [0.15, 0.2) is 0 Å². The zero-order valence-corrected chi connectivity index (χ0v) is 24.1. The number of halogens is 3. The lowest BCUT2D eigenvalue weighted by atomic mass is 9.96. The molecule has 0 aliphatic carbocycles. The monoisotopic (exact) mass is 582 g/mol. The molecule has 7 heteroatoms. The fourth-order valence-corrected chi connectivity index (χ4v) is 5.90. The molecular formula is C35H33ClF2N4. The van der Waals surface area contributed by atoms with E-state index in [1.807, 2.05) is 71.4 Å². The van der Waals surface area contributed by atoms with Gasteiger partial charge in [0, 0.05) is 36.8 Å². The summed E-state index contributed by atoms with van der Waals surface area (Å²) in [4.78, 5) is 4.91. The lowest BCUT2D eigenvalue weighted by Gasteiger charge is -2.39. The van der Waals surface area contributed by atoms with E-state index in [0.29, 0.717) is 5.02 Å². The smallest absolute Gasteiger partial charge is 0.123 e. The van der Waals surface area contributed by atoms with Crippen LogP contribution in [0.4, 0.5) is 8.78 Å². The Balaban J connectivity index is 1.10. The van der Waals surface area contributed by atoms with Gasteiger partial charge < -0.3 is 4.90 Å². The number of piperazine rings is 1. The van der Waals surface area contributed by atoms with Gasteiger partial charge >= 0.3 is 0 Å². The third-order valence-corrected chi connectivity index (χ3v) is 8.20. The number of para-hydroxylation sites is 1. The molecule has 0 amide bonds. The molecule has 1 saturated heterocycles. The Hall–Kier alpha value is -3.84. The molecule has 0 bridgehead atoms. The minimum Gasteiger partial charge on any atom is -0.301 e. The van der Waals surface area contributed by atoms with Crippen LogP contribution in [0.1, 0.15) is 29.3 Å². The number of aromatic nitrogens is 2. The molecule has 4 nitrogen and oxygen atoms in total. The molecule has 0 spiro atoms. The van der Waals surface area contributed by atoms with Crippen LogP contribution in [0.5, 0.6) is 0 Å². The first-order valence-electron chi connectivity index (χ1n) is 14.4. The van der Waals surface area contributed by atoms with Gasteiger partial charge in [0.1, 0.15) is 11.6 Å². The molecule has 0 N–H and O–H groups in total. The summed E-state index contributed by atoms with van der Waals surface area (Å²) in [6, 6.07) is 33.6. The summed E-state index contributed by atoms with van der Waals surface area (Å²) in [5.74, 6) is -0.509. The predicted octanol–water partition coefficient (Wildman–Crippen LogP) is 7.81. The fraction of sp³-hybridized carbons (Fsp3) is 0.229. The molecule has 214 valence electrons. The summed E-state index contributed by atoms with van der Waals surface area (Å²) >= 11 is 6.15. The van der Waals surface area contributed by atoms with E-state index in [4.69, 9.17) is 16.7 Å². The van der Waals surface area contributed by atoms with Crippen molar-refractivity contribution in [3.8, 4) is 16.9 Å². The van der Waals surface area contributed by atoms with Gasteiger partial charge in [0.2, 0.25) is 0 Å². The highest BCUT2D eigenvalue weighted by Crippen LogP contribution is 2.30. The van der Waals surface area contributed by atoms with Gasteiger partial charge in [-0.05, 0) is 85.1 Å². The maximum Gasteiger partial charge on any atom is 0.123 e. The highest BCUT2D eigenvalue weighted by Gasteiger charge is 2.26. The summed E-state index contributed by atoms with van der Waals surface area (Å²) in [7, 11) is 0. The van der Waals surface area contributed by atoms with Crippen molar-refractivity contribution in [2.24, 2.45) is 0 Å². The standard InChI is InChI=1S/C35H33ClF2N4/c36-29-14-8-26(9-15-29)34-25-32(39-42(34)33-6-2-1-3-7-33)5-4-20-40-21-23-41(24-22-40)35(27-10-16-30(37)17-11-27)28-12-18-31(38)19-13-28/h1-3,6-19,25,35H,4-5,20-24H2. The van der Waals surface area contributed by atoms with E-state index in [9.17, 15) is 8.78 Å². The maximum absolute atomic E-state index is 13.7. The van der Waals surface area contributed by atoms with Crippen LogP contribution < -0.4 is 0 Å². The van der Waals surface area contributed by atoms with Gasteiger partial charge in [0.25, 0.3) is 0 Å². The largest absolute Gasteiger partial charge is 0.301 e. The first-order valence-corrected chi connectivity index (χ1v) is 14.8. The van der Waals surface area contributed by atoms with Crippen LogP contribution in [0, 0.1) is 11.6 Å². The first-order chi connectivity index (χ1) is 20.5. The Bertz CT molecular complexity index is 1530. The third-order valence-electron chi connectivity index (χ3n) is 7.95. The molecule has 0 unspecified atom stereocenters. The van der Waals surface area contributed by atoms with E-state index < -0.39 is 0 Å². The quantitative estimate of drug-likeness (QED) is 0.177. The van der Waals surface area contributed by atoms with Crippen molar-refractivity contribution in [1.82, 2.24) is 19.6 Å².